The van der Waals surface area contributed by atoms with Crippen LogP contribution in [-0.4, -0.2) is 27.4 Å². The monoisotopic (exact) mass is 399 g/mol. The fourth-order valence-corrected chi connectivity index (χ4v) is 2.98. The van der Waals surface area contributed by atoms with Crippen LogP contribution >= 0.6 is 0 Å². The number of pyridine rings is 2. The van der Waals surface area contributed by atoms with Gasteiger partial charge in [-0.1, -0.05) is 12.1 Å². The number of nitrogens with zero attached hydrogens (tertiary/aromatic N) is 2. The molecule has 0 saturated carbocycles. The summed E-state index contributed by atoms with van der Waals surface area (Å²) in [4.78, 5) is 19.9. The van der Waals surface area contributed by atoms with Crippen molar-refractivity contribution in [3.8, 4) is 5.75 Å². The third-order valence-corrected chi connectivity index (χ3v) is 4.17. The van der Waals surface area contributed by atoms with Crippen LogP contribution in [0.25, 0.3) is 21.7 Å². The van der Waals surface area contributed by atoms with Gasteiger partial charge in [0.25, 0.3) is 0 Å². The molecule has 0 saturated heterocycles. The van der Waals surface area contributed by atoms with Crippen molar-refractivity contribution in [2.45, 2.75) is 6.36 Å². The van der Waals surface area contributed by atoms with Crippen molar-refractivity contribution in [2.24, 2.45) is 0 Å². The number of aromatic carboxylic acids is 1. The molecule has 29 heavy (non-hydrogen) atoms. The number of carbonyl (C=O) groups is 1. The number of rotatable bonds is 4. The Kier molecular flexibility index (Phi) is 4.42. The van der Waals surface area contributed by atoms with Crippen molar-refractivity contribution in [1.82, 2.24) is 9.97 Å². The summed E-state index contributed by atoms with van der Waals surface area (Å²) in [6.45, 7) is 0. The number of anilines is 2. The van der Waals surface area contributed by atoms with Crippen molar-refractivity contribution in [3.05, 3.63) is 66.5 Å². The van der Waals surface area contributed by atoms with E-state index in [2.05, 4.69) is 20.0 Å². The van der Waals surface area contributed by atoms with Gasteiger partial charge in [-0.25, -0.2) is 9.78 Å². The van der Waals surface area contributed by atoms with E-state index in [-0.39, 0.29) is 11.3 Å². The molecule has 2 aromatic carbocycles. The van der Waals surface area contributed by atoms with Gasteiger partial charge in [0.2, 0.25) is 0 Å². The summed E-state index contributed by atoms with van der Waals surface area (Å²) in [5.41, 5.74) is 0.807. The maximum Gasteiger partial charge on any atom is 0.573 e. The summed E-state index contributed by atoms with van der Waals surface area (Å²) in [5, 5.41) is 14.3. The predicted molar refractivity (Wildman–Crippen MR) is 100 cm³/mol. The minimum absolute atomic E-state index is 0.0692. The van der Waals surface area contributed by atoms with Crippen LogP contribution < -0.4 is 10.1 Å². The summed E-state index contributed by atoms with van der Waals surface area (Å²) in [6, 6.07) is 11.6. The van der Waals surface area contributed by atoms with Gasteiger partial charge in [-0.05, 0) is 30.3 Å². The quantitative estimate of drug-likeness (QED) is 0.463. The SMILES string of the molecule is O=C(O)c1ccc2c(c1)nc(Nc1cccc(OC(F)(F)F)c1)c1ccncc12. The number of halogens is 3. The zero-order valence-electron chi connectivity index (χ0n) is 14.6. The molecule has 0 fully saturated rings. The van der Waals surface area contributed by atoms with E-state index in [0.717, 1.165) is 5.39 Å². The van der Waals surface area contributed by atoms with Crippen LogP contribution in [0.5, 0.6) is 5.75 Å². The summed E-state index contributed by atoms with van der Waals surface area (Å²) in [5.74, 6) is -1.12. The van der Waals surface area contributed by atoms with Crippen molar-refractivity contribution >= 4 is 39.1 Å². The molecule has 2 heterocycles. The number of ether oxygens (including phenoxy) is 1. The molecule has 6 nitrogen and oxygen atoms in total. The molecule has 0 radical (unpaired) electrons. The van der Waals surface area contributed by atoms with Crippen LogP contribution in [-0.2, 0) is 0 Å². The minimum Gasteiger partial charge on any atom is -0.478 e. The van der Waals surface area contributed by atoms with Crippen molar-refractivity contribution in [2.75, 3.05) is 5.32 Å². The second kappa shape index (κ2) is 6.93. The van der Waals surface area contributed by atoms with Gasteiger partial charge in [0.05, 0.1) is 11.1 Å². The smallest absolute Gasteiger partial charge is 0.478 e. The third kappa shape index (κ3) is 3.88. The molecule has 146 valence electrons. The molecule has 2 aromatic heterocycles. The Bertz CT molecular complexity index is 1240. The number of carboxylic acid groups (broad SMARTS) is 1. The minimum atomic E-state index is -4.80. The van der Waals surface area contributed by atoms with Gasteiger partial charge in [-0.15, -0.1) is 13.2 Å². The van der Waals surface area contributed by atoms with Gasteiger partial charge in [0.15, 0.2) is 0 Å². The Morgan fingerprint density at radius 2 is 1.86 bits per heavy atom. The molecule has 0 aliphatic carbocycles. The first-order chi connectivity index (χ1) is 13.8. The van der Waals surface area contributed by atoms with E-state index in [0.29, 0.717) is 27.8 Å². The first-order valence-electron chi connectivity index (χ1n) is 8.34. The largest absolute Gasteiger partial charge is 0.573 e. The number of hydrogen-bond acceptors (Lipinski definition) is 5. The average molecular weight is 399 g/mol. The summed E-state index contributed by atoms with van der Waals surface area (Å²) >= 11 is 0. The fraction of sp³-hybridized carbons (Fsp3) is 0.0500. The number of fused-ring (bicyclic) bond motifs is 3. The molecule has 0 atom stereocenters. The van der Waals surface area contributed by atoms with Crippen molar-refractivity contribution < 1.29 is 27.8 Å². The molecular formula is C20H12F3N3O3. The summed E-state index contributed by atoms with van der Waals surface area (Å²) in [6.07, 6.45) is -1.62. The van der Waals surface area contributed by atoms with E-state index in [4.69, 9.17) is 0 Å². The first-order valence-corrected chi connectivity index (χ1v) is 8.34. The highest BCUT2D eigenvalue weighted by molar-refractivity contribution is 6.11. The second-order valence-corrected chi connectivity index (χ2v) is 6.12. The molecule has 0 aliphatic heterocycles. The van der Waals surface area contributed by atoms with Gasteiger partial charge in [-0.3, -0.25) is 4.98 Å². The lowest BCUT2D eigenvalue weighted by Gasteiger charge is -2.13. The second-order valence-electron chi connectivity index (χ2n) is 6.12. The van der Waals surface area contributed by atoms with Gasteiger partial charge >= 0.3 is 12.3 Å². The van der Waals surface area contributed by atoms with E-state index in [9.17, 15) is 23.1 Å². The fourth-order valence-electron chi connectivity index (χ4n) is 2.98. The van der Waals surface area contributed by atoms with E-state index >= 15 is 0 Å². The van der Waals surface area contributed by atoms with Gasteiger partial charge < -0.3 is 15.2 Å². The molecule has 9 heteroatoms. The Morgan fingerprint density at radius 3 is 2.62 bits per heavy atom. The molecule has 0 amide bonds. The highest BCUT2D eigenvalue weighted by atomic mass is 19.4. The van der Waals surface area contributed by atoms with E-state index in [1.54, 1.807) is 30.6 Å². The molecule has 0 unspecified atom stereocenters. The Labute approximate surface area is 161 Å². The van der Waals surface area contributed by atoms with Crippen molar-refractivity contribution in [3.63, 3.8) is 0 Å². The third-order valence-electron chi connectivity index (χ3n) is 4.17. The Morgan fingerprint density at radius 1 is 1.03 bits per heavy atom. The molecule has 2 N–H and O–H groups in total. The first kappa shape index (κ1) is 18.5. The van der Waals surface area contributed by atoms with Crippen LogP contribution in [0.2, 0.25) is 0 Å². The molecule has 0 spiro atoms. The maximum absolute atomic E-state index is 12.5. The normalized spacial score (nSPS) is 11.6. The lowest BCUT2D eigenvalue weighted by Crippen LogP contribution is -2.17. The van der Waals surface area contributed by atoms with Crippen LogP contribution in [0.1, 0.15) is 10.4 Å². The average Bonchev–Trinajstić information content (AvgIpc) is 2.66. The van der Waals surface area contributed by atoms with E-state index in [1.165, 1.54) is 30.3 Å². The Hall–Kier alpha value is -3.88. The van der Waals surface area contributed by atoms with Crippen LogP contribution in [0.4, 0.5) is 24.7 Å². The zero-order valence-corrected chi connectivity index (χ0v) is 14.6. The van der Waals surface area contributed by atoms with Crippen LogP contribution in [0.3, 0.4) is 0 Å². The topological polar surface area (TPSA) is 84.3 Å². The van der Waals surface area contributed by atoms with Gasteiger partial charge in [0.1, 0.15) is 11.6 Å². The molecule has 4 rings (SSSR count). The zero-order chi connectivity index (χ0) is 20.6. The van der Waals surface area contributed by atoms with E-state index in [1.807, 2.05) is 0 Å². The number of hydrogen-bond donors (Lipinski definition) is 2. The Balaban J connectivity index is 1.82. The molecule has 0 aliphatic rings. The number of aromatic nitrogens is 2. The number of nitrogens with one attached hydrogen (secondary N) is 1. The highest BCUT2D eigenvalue weighted by Gasteiger charge is 2.31. The van der Waals surface area contributed by atoms with Crippen LogP contribution in [0, 0.1) is 0 Å². The molecular weight excluding hydrogens is 387 g/mol. The predicted octanol–water partition coefficient (Wildman–Crippen LogP) is 5.12. The lowest BCUT2D eigenvalue weighted by atomic mass is 10.1. The number of alkyl halides is 3. The molecule has 4 aromatic rings. The summed E-state index contributed by atoms with van der Waals surface area (Å²) < 4.78 is 41.4. The molecule has 0 bridgehead atoms. The van der Waals surface area contributed by atoms with E-state index < -0.39 is 12.3 Å². The van der Waals surface area contributed by atoms with Gasteiger partial charge in [0, 0.05) is 40.3 Å². The highest BCUT2D eigenvalue weighted by Crippen LogP contribution is 2.32. The van der Waals surface area contributed by atoms with Crippen molar-refractivity contribution in [1.29, 1.82) is 0 Å². The number of carboxylic acids is 1. The standard InChI is InChI=1S/C20H12F3N3O3/c21-20(22,23)29-13-3-1-2-12(9-13)25-18-15-6-7-24-10-16(15)14-5-4-11(19(27)28)8-17(14)26-18/h1-10H,(H,25,26)(H,27,28). The van der Waals surface area contributed by atoms with Crippen LogP contribution in [0.15, 0.2) is 60.9 Å². The number of benzene rings is 2. The maximum atomic E-state index is 12.5. The lowest BCUT2D eigenvalue weighted by molar-refractivity contribution is -0.274. The summed E-state index contributed by atoms with van der Waals surface area (Å²) in [7, 11) is 0. The van der Waals surface area contributed by atoms with Gasteiger partial charge in [-0.2, -0.15) is 0 Å².